The molecular weight excluding hydrogens is 296 g/mol. The van der Waals surface area contributed by atoms with Crippen LogP contribution in [0.25, 0.3) is 11.0 Å². The molecule has 0 bridgehead atoms. The Labute approximate surface area is 113 Å². The molecule has 0 saturated carbocycles. The van der Waals surface area contributed by atoms with Gasteiger partial charge in [0.05, 0.1) is 6.42 Å². The third kappa shape index (κ3) is 2.70. The van der Waals surface area contributed by atoms with Crippen molar-refractivity contribution >= 4 is 38.5 Å². The van der Waals surface area contributed by atoms with Crippen LogP contribution in [0.3, 0.4) is 0 Å². The van der Waals surface area contributed by atoms with Gasteiger partial charge in [0, 0.05) is 15.8 Å². The van der Waals surface area contributed by atoms with Gasteiger partial charge in [-0.2, -0.15) is 0 Å². The molecule has 1 aromatic carbocycles. The fourth-order valence-corrected chi connectivity index (χ4v) is 1.98. The van der Waals surface area contributed by atoms with Crippen molar-refractivity contribution in [2.75, 3.05) is 0 Å². The van der Waals surface area contributed by atoms with E-state index >= 15 is 0 Å². The molecule has 0 N–H and O–H groups in total. The maximum absolute atomic E-state index is 11.9. The van der Waals surface area contributed by atoms with Crippen LogP contribution in [0.4, 0.5) is 0 Å². The van der Waals surface area contributed by atoms with Crippen LogP contribution >= 0.6 is 15.9 Å². The molecule has 0 amide bonds. The Morgan fingerprint density at radius 3 is 2.67 bits per heavy atom. The van der Waals surface area contributed by atoms with Gasteiger partial charge in [0.15, 0.2) is 5.76 Å². The summed E-state index contributed by atoms with van der Waals surface area (Å²) in [5, 5.41) is 0.852. The minimum absolute atomic E-state index is 0.0679. The zero-order valence-electron chi connectivity index (χ0n) is 10.2. The van der Waals surface area contributed by atoms with E-state index < -0.39 is 0 Å². The Morgan fingerprint density at radius 2 is 2.00 bits per heavy atom. The van der Waals surface area contributed by atoms with E-state index in [-0.39, 0.29) is 29.7 Å². The number of carbonyl (C=O) groups excluding carboxylic acids is 2. The molecule has 0 aliphatic heterocycles. The number of rotatable bonds is 4. The van der Waals surface area contributed by atoms with Crippen molar-refractivity contribution < 1.29 is 14.0 Å². The van der Waals surface area contributed by atoms with Gasteiger partial charge in [-0.05, 0) is 24.3 Å². The summed E-state index contributed by atoms with van der Waals surface area (Å²) in [6, 6.07) is 7.19. The van der Waals surface area contributed by atoms with Crippen LogP contribution in [-0.4, -0.2) is 11.6 Å². The summed E-state index contributed by atoms with van der Waals surface area (Å²) in [5.74, 6) is -0.216. The van der Waals surface area contributed by atoms with Gasteiger partial charge in [-0.25, -0.2) is 0 Å². The largest absolute Gasteiger partial charge is 0.453 e. The Balaban J connectivity index is 2.26. The molecule has 0 aliphatic carbocycles. The highest BCUT2D eigenvalue weighted by Gasteiger charge is 2.18. The first-order valence-corrected chi connectivity index (χ1v) is 6.51. The average Bonchev–Trinajstić information content (AvgIpc) is 2.71. The molecule has 0 unspecified atom stereocenters. The van der Waals surface area contributed by atoms with Crippen molar-refractivity contribution in [2.24, 2.45) is 5.92 Å². The van der Waals surface area contributed by atoms with Crippen LogP contribution in [0.1, 0.15) is 30.8 Å². The Bertz CT molecular complexity index is 611. The van der Waals surface area contributed by atoms with Gasteiger partial charge in [0.1, 0.15) is 11.4 Å². The minimum atomic E-state index is -0.263. The number of hydrogen-bond acceptors (Lipinski definition) is 3. The number of benzene rings is 1. The highest BCUT2D eigenvalue weighted by molar-refractivity contribution is 9.10. The number of Topliss-reactive ketones (excluding diaryl/α,β-unsaturated/α-hetero) is 2. The number of furan rings is 1. The third-order valence-electron chi connectivity index (χ3n) is 2.73. The van der Waals surface area contributed by atoms with E-state index in [0.29, 0.717) is 5.58 Å². The molecular formula is C14H13BrO3. The zero-order chi connectivity index (χ0) is 13.3. The Morgan fingerprint density at radius 1 is 1.28 bits per heavy atom. The first kappa shape index (κ1) is 13.0. The lowest BCUT2D eigenvalue weighted by atomic mass is 10.0. The van der Waals surface area contributed by atoms with Crippen LogP contribution in [0.2, 0.25) is 0 Å². The summed E-state index contributed by atoms with van der Waals surface area (Å²) < 4.78 is 6.37. The molecule has 0 spiro atoms. The summed E-state index contributed by atoms with van der Waals surface area (Å²) in [7, 11) is 0. The Hall–Kier alpha value is -1.42. The van der Waals surface area contributed by atoms with Crippen molar-refractivity contribution in [1.29, 1.82) is 0 Å². The van der Waals surface area contributed by atoms with Gasteiger partial charge in [0.25, 0.3) is 0 Å². The fourth-order valence-electron chi connectivity index (χ4n) is 1.60. The molecule has 0 atom stereocenters. The second kappa shape index (κ2) is 5.06. The maximum atomic E-state index is 11.9. The van der Waals surface area contributed by atoms with Crippen LogP contribution in [0, 0.1) is 5.92 Å². The van der Waals surface area contributed by atoms with Crippen molar-refractivity contribution in [2.45, 2.75) is 20.3 Å². The van der Waals surface area contributed by atoms with Crippen molar-refractivity contribution in [3.05, 3.63) is 34.5 Å². The summed E-state index contributed by atoms with van der Waals surface area (Å²) >= 11 is 3.36. The summed E-state index contributed by atoms with van der Waals surface area (Å²) in [5.41, 5.74) is 0.651. The number of hydrogen-bond donors (Lipinski definition) is 0. The molecule has 0 aliphatic rings. The molecule has 18 heavy (non-hydrogen) atoms. The quantitative estimate of drug-likeness (QED) is 0.633. The standard InChI is InChI=1S/C14H13BrO3/c1-8(2)11(16)7-12(17)14-6-9-5-10(15)3-4-13(9)18-14/h3-6,8H,7H2,1-2H3. The highest BCUT2D eigenvalue weighted by atomic mass is 79.9. The minimum Gasteiger partial charge on any atom is -0.453 e. The molecule has 0 fully saturated rings. The van der Waals surface area contributed by atoms with E-state index in [2.05, 4.69) is 15.9 Å². The van der Waals surface area contributed by atoms with E-state index in [1.54, 1.807) is 26.0 Å². The van der Waals surface area contributed by atoms with E-state index in [9.17, 15) is 9.59 Å². The van der Waals surface area contributed by atoms with E-state index in [1.165, 1.54) is 0 Å². The second-order valence-corrected chi connectivity index (χ2v) is 5.43. The zero-order valence-corrected chi connectivity index (χ0v) is 11.8. The van der Waals surface area contributed by atoms with E-state index in [0.717, 1.165) is 9.86 Å². The topological polar surface area (TPSA) is 47.3 Å². The molecule has 94 valence electrons. The lowest BCUT2D eigenvalue weighted by Crippen LogP contribution is -2.12. The Kier molecular flexibility index (Phi) is 3.66. The van der Waals surface area contributed by atoms with Crippen LogP contribution in [0.5, 0.6) is 0 Å². The fraction of sp³-hybridized carbons (Fsp3) is 0.286. The first-order valence-electron chi connectivity index (χ1n) is 5.72. The number of carbonyl (C=O) groups is 2. The molecule has 2 rings (SSSR count). The molecule has 1 aromatic heterocycles. The predicted molar refractivity (Wildman–Crippen MR) is 72.7 cm³/mol. The van der Waals surface area contributed by atoms with E-state index in [1.807, 2.05) is 12.1 Å². The number of halogens is 1. The summed E-state index contributed by atoms with van der Waals surface area (Å²) in [6.07, 6.45) is -0.0986. The van der Waals surface area contributed by atoms with Crippen LogP contribution in [-0.2, 0) is 4.79 Å². The van der Waals surface area contributed by atoms with Crippen molar-refractivity contribution in [3.63, 3.8) is 0 Å². The van der Waals surface area contributed by atoms with Crippen molar-refractivity contribution in [3.8, 4) is 0 Å². The lowest BCUT2D eigenvalue weighted by molar-refractivity contribution is -0.121. The SMILES string of the molecule is CC(C)C(=O)CC(=O)c1cc2cc(Br)ccc2o1. The van der Waals surface area contributed by atoms with Gasteiger partial charge in [-0.3, -0.25) is 9.59 Å². The molecule has 0 saturated heterocycles. The van der Waals surface area contributed by atoms with Crippen molar-refractivity contribution in [1.82, 2.24) is 0 Å². The predicted octanol–water partition coefficient (Wildman–Crippen LogP) is 3.99. The van der Waals surface area contributed by atoms with Gasteiger partial charge in [-0.1, -0.05) is 29.8 Å². The highest BCUT2D eigenvalue weighted by Crippen LogP contribution is 2.24. The molecule has 2 aromatic rings. The van der Waals surface area contributed by atoms with E-state index in [4.69, 9.17) is 4.42 Å². The normalized spacial score (nSPS) is 11.1. The van der Waals surface area contributed by atoms with Gasteiger partial charge >= 0.3 is 0 Å². The third-order valence-corrected chi connectivity index (χ3v) is 3.23. The maximum Gasteiger partial charge on any atom is 0.205 e. The summed E-state index contributed by atoms with van der Waals surface area (Å²) in [6.45, 7) is 3.57. The lowest BCUT2D eigenvalue weighted by Gasteiger charge is -2.00. The molecule has 0 radical (unpaired) electrons. The average molecular weight is 309 g/mol. The number of ketones is 2. The number of fused-ring (bicyclic) bond motifs is 1. The first-order chi connectivity index (χ1) is 8.47. The molecule has 3 nitrogen and oxygen atoms in total. The van der Waals surface area contributed by atoms with Gasteiger partial charge < -0.3 is 4.42 Å². The smallest absolute Gasteiger partial charge is 0.205 e. The molecule has 1 heterocycles. The van der Waals surface area contributed by atoms with Crippen LogP contribution in [0.15, 0.2) is 33.2 Å². The van der Waals surface area contributed by atoms with Gasteiger partial charge in [-0.15, -0.1) is 0 Å². The van der Waals surface area contributed by atoms with Crippen LogP contribution < -0.4 is 0 Å². The molecule has 4 heteroatoms. The van der Waals surface area contributed by atoms with Gasteiger partial charge in [0.2, 0.25) is 5.78 Å². The second-order valence-electron chi connectivity index (χ2n) is 4.51. The monoisotopic (exact) mass is 308 g/mol. The summed E-state index contributed by atoms with van der Waals surface area (Å²) in [4.78, 5) is 23.4.